The molecule has 0 bridgehead atoms. The lowest BCUT2D eigenvalue weighted by molar-refractivity contribution is 0.0698. The molecule has 26 heavy (non-hydrogen) atoms. The van der Waals surface area contributed by atoms with Crippen LogP contribution in [0.5, 0.6) is 0 Å². The summed E-state index contributed by atoms with van der Waals surface area (Å²) >= 11 is 0. The molecule has 3 rings (SSSR count). The predicted octanol–water partition coefficient (Wildman–Crippen LogP) is 1.52. The molecular weight excluding hydrogens is 354 g/mol. The summed E-state index contributed by atoms with van der Waals surface area (Å²) in [7, 11) is -3.69. The number of carbonyl (C=O) groups excluding carboxylic acids is 1. The van der Waals surface area contributed by atoms with Crippen LogP contribution in [-0.2, 0) is 14.8 Å². The van der Waals surface area contributed by atoms with Crippen molar-refractivity contribution in [2.24, 2.45) is 5.92 Å². The van der Waals surface area contributed by atoms with Gasteiger partial charge in [0.15, 0.2) is 0 Å². The van der Waals surface area contributed by atoms with Crippen LogP contribution in [0.1, 0.15) is 36.0 Å². The van der Waals surface area contributed by atoms with Gasteiger partial charge in [0.05, 0.1) is 16.9 Å². The molecule has 2 heterocycles. The molecule has 2 aliphatic heterocycles. The van der Waals surface area contributed by atoms with Gasteiger partial charge >= 0.3 is 0 Å². The fourth-order valence-electron chi connectivity index (χ4n) is 3.35. The molecule has 1 N–H and O–H groups in total. The van der Waals surface area contributed by atoms with E-state index in [1.807, 2.05) is 0 Å². The standard InChI is InChI=1S/C18H23N3O4S/c19-12-14-3-2-8-21(13-14)18(22)15-4-1-5-17(11-15)26(23,24)20-16-6-9-25-10-7-16/h1,4-5,11,14,16,20H,2-3,6-10,13H2. The zero-order valence-electron chi connectivity index (χ0n) is 14.6. The minimum absolute atomic E-state index is 0.0867. The number of carbonyl (C=O) groups is 1. The highest BCUT2D eigenvalue weighted by Crippen LogP contribution is 2.20. The smallest absolute Gasteiger partial charge is 0.253 e. The number of piperidine rings is 1. The molecule has 0 spiro atoms. The number of nitrogens with one attached hydrogen (secondary N) is 1. The van der Waals surface area contributed by atoms with Crippen molar-refractivity contribution < 1.29 is 17.9 Å². The third-order valence-electron chi connectivity index (χ3n) is 4.83. The van der Waals surface area contributed by atoms with Crippen molar-refractivity contribution in [3.05, 3.63) is 29.8 Å². The van der Waals surface area contributed by atoms with Crippen LogP contribution in [0.3, 0.4) is 0 Å². The molecule has 0 saturated carbocycles. The van der Waals surface area contributed by atoms with Crippen molar-refractivity contribution in [1.82, 2.24) is 9.62 Å². The van der Waals surface area contributed by atoms with E-state index in [0.29, 0.717) is 44.7 Å². The number of nitrogens with zero attached hydrogens (tertiary/aromatic N) is 2. The van der Waals surface area contributed by atoms with E-state index in [1.165, 1.54) is 12.1 Å². The maximum absolute atomic E-state index is 12.7. The summed E-state index contributed by atoms with van der Waals surface area (Å²) in [5, 5.41) is 9.08. The Bertz CT molecular complexity index is 797. The van der Waals surface area contributed by atoms with Crippen LogP contribution in [0.15, 0.2) is 29.2 Å². The number of ether oxygens (including phenoxy) is 1. The first-order valence-corrected chi connectivity index (χ1v) is 10.4. The van der Waals surface area contributed by atoms with Gasteiger partial charge in [-0.3, -0.25) is 4.79 Å². The van der Waals surface area contributed by atoms with E-state index in [-0.39, 0.29) is 22.8 Å². The highest BCUT2D eigenvalue weighted by molar-refractivity contribution is 7.89. The Morgan fingerprint density at radius 1 is 1.27 bits per heavy atom. The maximum atomic E-state index is 12.7. The number of amides is 1. The highest BCUT2D eigenvalue weighted by atomic mass is 32.2. The minimum Gasteiger partial charge on any atom is -0.381 e. The summed E-state index contributed by atoms with van der Waals surface area (Å²) in [6, 6.07) is 8.17. The van der Waals surface area contributed by atoms with Crippen LogP contribution in [0, 0.1) is 17.2 Å². The summed E-state index contributed by atoms with van der Waals surface area (Å²) in [6.07, 6.45) is 2.86. The van der Waals surface area contributed by atoms with Gasteiger partial charge in [-0.2, -0.15) is 5.26 Å². The predicted molar refractivity (Wildman–Crippen MR) is 94.8 cm³/mol. The van der Waals surface area contributed by atoms with Gasteiger partial charge in [0.1, 0.15) is 0 Å². The zero-order chi connectivity index (χ0) is 18.6. The largest absolute Gasteiger partial charge is 0.381 e. The lowest BCUT2D eigenvalue weighted by atomic mass is 9.99. The van der Waals surface area contributed by atoms with E-state index in [0.717, 1.165) is 12.8 Å². The fraction of sp³-hybridized carbons (Fsp3) is 0.556. The van der Waals surface area contributed by atoms with Gasteiger partial charge in [-0.25, -0.2) is 13.1 Å². The molecule has 8 heteroatoms. The second-order valence-electron chi connectivity index (χ2n) is 6.76. The molecule has 1 aromatic carbocycles. The van der Waals surface area contributed by atoms with Gasteiger partial charge in [-0.1, -0.05) is 6.07 Å². The molecule has 140 valence electrons. The second kappa shape index (κ2) is 8.16. The lowest BCUT2D eigenvalue weighted by Crippen LogP contribution is -2.40. The normalized spacial score (nSPS) is 22.0. The molecule has 0 aromatic heterocycles. The maximum Gasteiger partial charge on any atom is 0.253 e. The number of benzene rings is 1. The summed E-state index contributed by atoms with van der Waals surface area (Å²) < 4.78 is 33.2. The first-order valence-electron chi connectivity index (χ1n) is 8.88. The summed E-state index contributed by atoms with van der Waals surface area (Å²) in [4.78, 5) is 14.4. The first-order chi connectivity index (χ1) is 12.5. The Morgan fingerprint density at radius 3 is 2.77 bits per heavy atom. The summed E-state index contributed by atoms with van der Waals surface area (Å²) in [5.41, 5.74) is 0.332. The van der Waals surface area contributed by atoms with E-state index in [2.05, 4.69) is 10.8 Å². The lowest BCUT2D eigenvalue weighted by Gasteiger charge is -2.29. The van der Waals surface area contributed by atoms with E-state index in [4.69, 9.17) is 10.00 Å². The molecule has 2 fully saturated rings. The number of hydrogen-bond donors (Lipinski definition) is 1. The zero-order valence-corrected chi connectivity index (χ0v) is 15.4. The molecule has 7 nitrogen and oxygen atoms in total. The highest BCUT2D eigenvalue weighted by Gasteiger charge is 2.26. The van der Waals surface area contributed by atoms with Gasteiger partial charge in [0.2, 0.25) is 10.0 Å². The molecule has 1 atom stereocenters. The number of rotatable bonds is 4. The summed E-state index contributed by atoms with van der Waals surface area (Å²) in [5.74, 6) is -0.386. The van der Waals surface area contributed by atoms with Crippen molar-refractivity contribution >= 4 is 15.9 Å². The molecule has 1 amide bonds. The van der Waals surface area contributed by atoms with Gasteiger partial charge in [-0.15, -0.1) is 0 Å². The first kappa shape index (κ1) is 18.8. The third kappa shape index (κ3) is 4.41. The van der Waals surface area contributed by atoms with E-state index in [1.54, 1.807) is 17.0 Å². The van der Waals surface area contributed by atoms with Crippen LogP contribution in [0.4, 0.5) is 0 Å². The van der Waals surface area contributed by atoms with Crippen molar-refractivity contribution in [3.63, 3.8) is 0 Å². The average Bonchev–Trinajstić information content (AvgIpc) is 2.68. The molecule has 0 radical (unpaired) electrons. The van der Waals surface area contributed by atoms with Crippen molar-refractivity contribution in [3.8, 4) is 6.07 Å². The van der Waals surface area contributed by atoms with Crippen molar-refractivity contribution in [1.29, 1.82) is 5.26 Å². The molecule has 0 aliphatic carbocycles. The van der Waals surface area contributed by atoms with Crippen LogP contribution in [-0.4, -0.2) is 51.6 Å². The van der Waals surface area contributed by atoms with Crippen LogP contribution in [0.25, 0.3) is 0 Å². The van der Waals surface area contributed by atoms with Gasteiger partial charge in [0.25, 0.3) is 5.91 Å². The Balaban J connectivity index is 1.74. The van der Waals surface area contributed by atoms with Gasteiger partial charge in [0, 0.05) is 37.9 Å². The molecular formula is C18H23N3O4S. The Hall–Kier alpha value is -1.95. The number of hydrogen-bond acceptors (Lipinski definition) is 5. The Kier molecular flexibility index (Phi) is 5.91. The van der Waals surface area contributed by atoms with E-state index >= 15 is 0 Å². The summed E-state index contributed by atoms with van der Waals surface area (Å²) in [6.45, 7) is 2.07. The number of sulfonamides is 1. The number of nitriles is 1. The number of likely N-dealkylation sites (tertiary alicyclic amines) is 1. The molecule has 1 unspecified atom stereocenters. The Morgan fingerprint density at radius 2 is 2.04 bits per heavy atom. The topological polar surface area (TPSA) is 99.5 Å². The van der Waals surface area contributed by atoms with Crippen molar-refractivity contribution in [2.75, 3.05) is 26.3 Å². The SMILES string of the molecule is N#CC1CCCN(C(=O)c2cccc(S(=O)(=O)NC3CCOCC3)c2)C1. The second-order valence-corrected chi connectivity index (χ2v) is 8.47. The quantitative estimate of drug-likeness (QED) is 0.858. The van der Waals surface area contributed by atoms with E-state index in [9.17, 15) is 13.2 Å². The van der Waals surface area contributed by atoms with Gasteiger partial charge in [-0.05, 0) is 43.9 Å². The van der Waals surface area contributed by atoms with Crippen LogP contribution < -0.4 is 4.72 Å². The van der Waals surface area contributed by atoms with Crippen molar-refractivity contribution in [2.45, 2.75) is 36.6 Å². The average molecular weight is 377 g/mol. The molecule has 2 saturated heterocycles. The van der Waals surface area contributed by atoms with Crippen LogP contribution >= 0.6 is 0 Å². The van der Waals surface area contributed by atoms with Crippen LogP contribution in [0.2, 0.25) is 0 Å². The van der Waals surface area contributed by atoms with Gasteiger partial charge < -0.3 is 9.64 Å². The monoisotopic (exact) mass is 377 g/mol. The minimum atomic E-state index is -3.69. The molecule has 2 aliphatic rings. The molecule has 1 aromatic rings. The Labute approximate surface area is 154 Å². The third-order valence-corrected chi connectivity index (χ3v) is 6.34. The fourth-order valence-corrected chi connectivity index (χ4v) is 4.70. The van der Waals surface area contributed by atoms with E-state index < -0.39 is 10.0 Å².